The number of amides is 1. The van der Waals surface area contributed by atoms with Gasteiger partial charge in [-0.25, -0.2) is 4.39 Å². The van der Waals surface area contributed by atoms with Gasteiger partial charge in [-0.3, -0.25) is 4.79 Å². The Kier molecular flexibility index (Phi) is 5.76. The van der Waals surface area contributed by atoms with Crippen molar-refractivity contribution in [3.63, 3.8) is 0 Å². The number of carbonyl (C=O) groups is 1. The third-order valence-electron chi connectivity index (χ3n) is 2.59. The van der Waals surface area contributed by atoms with Crippen LogP contribution in [0.15, 0.2) is 18.2 Å². The van der Waals surface area contributed by atoms with Crippen LogP contribution in [0.5, 0.6) is 0 Å². The highest BCUT2D eigenvalue weighted by Gasteiger charge is 2.10. The van der Waals surface area contributed by atoms with E-state index >= 15 is 0 Å². The van der Waals surface area contributed by atoms with Gasteiger partial charge in [0.2, 0.25) is 5.91 Å². The van der Waals surface area contributed by atoms with Gasteiger partial charge in [0, 0.05) is 25.3 Å². The van der Waals surface area contributed by atoms with Crippen LogP contribution in [0, 0.1) is 5.82 Å². The summed E-state index contributed by atoms with van der Waals surface area (Å²) in [5, 5.41) is 5.79. The second-order valence-corrected chi connectivity index (χ2v) is 4.93. The third kappa shape index (κ3) is 5.26. The van der Waals surface area contributed by atoms with Gasteiger partial charge in [-0.15, -0.1) is 0 Å². The highest BCUT2D eigenvalue weighted by Crippen LogP contribution is 2.17. The normalized spacial score (nSPS) is 10.6. The lowest BCUT2D eigenvalue weighted by atomic mass is 10.2. The molecule has 0 spiro atoms. The first-order chi connectivity index (χ1) is 8.92. The third-order valence-corrected chi connectivity index (χ3v) is 2.59. The molecule has 0 heterocycles. The van der Waals surface area contributed by atoms with Gasteiger partial charge in [0.1, 0.15) is 5.82 Å². The Bertz CT molecular complexity index is 435. The fourth-order valence-corrected chi connectivity index (χ4v) is 1.83. The molecule has 0 unspecified atom stereocenters. The molecule has 5 heteroatoms. The zero-order chi connectivity index (χ0) is 14.4. The summed E-state index contributed by atoms with van der Waals surface area (Å²) in [6.07, 6.45) is 0. The Morgan fingerprint density at radius 1 is 1.37 bits per heavy atom. The Morgan fingerprint density at radius 3 is 2.63 bits per heavy atom. The smallest absolute Gasteiger partial charge is 0.239 e. The molecule has 2 N–H and O–H groups in total. The van der Waals surface area contributed by atoms with Crippen molar-refractivity contribution in [1.82, 2.24) is 10.6 Å². The number of likely N-dealkylation sites (N-methyl/N-ethyl adjacent to an activating group) is 1. The molecular formula is C14H22FN3O. The summed E-state index contributed by atoms with van der Waals surface area (Å²) in [5.74, 6) is -0.365. The van der Waals surface area contributed by atoms with Crippen molar-refractivity contribution >= 4 is 11.6 Å². The van der Waals surface area contributed by atoms with E-state index in [1.54, 1.807) is 11.9 Å². The highest BCUT2D eigenvalue weighted by atomic mass is 19.1. The van der Waals surface area contributed by atoms with Crippen molar-refractivity contribution in [1.29, 1.82) is 0 Å². The number of nitrogens with one attached hydrogen (secondary N) is 2. The summed E-state index contributed by atoms with van der Waals surface area (Å²) >= 11 is 0. The van der Waals surface area contributed by atoms with Crippen molar-refractivity contribution in [2.24, 2.45) is 0 Å². The number of hydrogen-bond donors (Lipinski definition) is 2. The minimum absolute atomic E-state index is 0.0723. The first-order valence-corrected chi connectivity index (χ1v) is 6.37. The number of anilines is 1. The standard InChI is InChI=1S/C14H22FN3O/c1-10(2)17-14(19)9-18(4)13-6-11(8-16-3)5-12(15)7-13/h5-7,10,16H,8-9H2,1-4H3,(H,17,19). The van der Waals surface area contributed by atoms with E-state index < -0.39 is 0 Å². The topological polar surface area (TPSA) is 44.4 Å². The Hall–Kier alpha value is -1.62. The van der Waals surface area contributed by atoms with Gasteiger partial charge >= 0.3 is 0 Å². The second kappa shape index (κ2) is 7.09. The van der Waals surface area contributed by atoms with E-state index in [-0.39, 0.29) is 24.3 Å². The number of rotatable bonds is 6. The van der Waals surface area contributed by atoms with Crippen LogP contribution in [0.4, 0.5) is 10.1 Å². The molecule has 0 radical (unpaired) electrons. The van der Waals surface area contributed by atoms with Gasteiger partial charge in [-0.1, -0.05) is 0 Å². The lowest BCUT2D eigenvalue weighted by Gasteiger charge is -2.20. The Morgan fingerprint density at radius 2 is 2.05 bits per heavy atom. The number of halogens is 1. The van der Waals surface area contributed by atoms with Gasteiger partial charge < -0.3 is 15.5 Å². The molecule has 1 aromatic rings. The summed E-state index contributed by atoms with van der Waals surface area (Å²) in [4.78, 5) is 13.4. The van der Waals surface area contributed by atoms with Gasteiger partial charge in [0.25, 0.3) is 0 Å². The van der Waals surface area contributed by atoms with Gasteiger partial charge in [0.15, 0.2) is 0 Å². The van der Waals surface area contributed by atoms with Crippen LogP contribution in [-0.4, -0.2) is 32.6 Å². The van der Waals surface area contributed by atoms with Crippen molar-refractivity contribution in [2.45, 2.75) is 26.4 Å². The zero-order valence-corrected chi connectivity index (χ0v) is 12.0. The van der Waals surface area contributed by atoms with Crippen LogP contribution < -0.4 is 15.5 Å². The molecule has 0 aliphatic carbocycles. The quantitative estimate of drug-likeness (QED) is 0.821. The van der Waals surface area contributed by atoms with Crippen LogP contribution >= 0.6 is 0 Å². The molecule has 0 bridgehead atoms. The molecule has 4 nitrogen and oxygen atoms in total. The minimum atomic E-state index is -0.293. The van der Waals surface area contributed by atoms with Crippen molar-refractivity contribution in [3.8, 4) is 0 Å². The van der Waals surface area contributed by atoms with Crippen LogP contribution in [-0.2, 0) is 11.3 Å². The SMILES string of the molecule is CNCc1cc(F)cc(N(C)CC(=O)NC(C)C)c1. The van der Waals surface area contributed by atoms with Crippen LogP contribution in [0.3, 0.4) is 0 Å². The fraction of sp³-hybridized carbons (Fsp3) is 0.500. The first-order valence-electron chi connectivity index (χ1n) is 6.37. The predicted octanol–water partition coefficient (Wildman–Crippen LogP) is 1.51. The first kappa shape index (κ1) is 15.4. The largest absolute Gasteiger partial charge is 0.365 e. The maximum Gasteiger partial charge on any atom is 0.239 e. The van der Waals surface area contributed by atoms with Gasteiger partial charge in [0.05, 0.1) is 6.54 Å². The van der Waals surface area contributed by atoms with Crippen molar-refractivity contribution in [2.75, 3.05) is 25.5 Å². The van der Waals surface area contributed by atoms with Gasteiger partial charge in [-0.05, 0) is 44.7 Å². The summed E-state index contributed by atoms with van der Waals surface area (Å²) < 4.78 is 13.5. The van der Waals surface area contributed by atoms with Gasteiger partial charge in [-0.2, -0.15) is 0 Å². The van der Waals surface area contributed by atoms with Crippen molar-refractivity contribution < 1.29 is 9.18 Å². The molecule has 0 fully saturated rings. The predicted molar refractivity (Wildman–Crippen MR) is 75.7 cm³/mol. The van der Waals surface area contributed by atoms with E-state index in [1.165, 1.54) is 12.1 Å². The molecule has 0 atom stereocenters. The number of carbonyl (C=O) groups excluding carboxylic acids is 1. The molecule has 1 amide bonds. The molecule has 1 aromatic carbocycles. The highest BCUT2D eigenvalue weighted by molar-refractivity contribution is 5.81. The average Bonchev–Trinajstić information content (AvgIpc) is 2.27. The summed E-state index contributed by atoms with van der Waals surface area (Å²) in [6, 6.07) is 4.90. The molecule has 0 aliphatic heterocycles. The van der Waals surface area contributed by atoms with E-state index in [4.69, 9.17) is 0 Å². The number of hydrogen-bond acceptors (Lipinski definition) is 3. The average molecular weight is 267 g/mol. The lowest BCUT2D eigenvalue weighted by molar-refractivity contribution is -0.120. The number of nitrogens with zero attached hydrogens (tertiary/aromatic N) is 1. The van der Waals surface area contributed by atoms with Crippen LogP contribution in [0.25, 0.3) is 0 Å². The molecule has 0 saturated heterocycles. The zero-order valence-electron chi connectivity index (χ0n) is 12.0. The summed E-state index contributed by atoms with van der Waals surface area (Å²) in [5.41, 5.74) is 1.55. The Balaban J connectivity index is 2.75. The van der Waals surface area contributed by atoms with Crippen molar-refractivity contribution in [3.05, 3.63) is 29.6 Å². The van der Waals surface area contributed by atoms with E-state index in [1.807, 2.05) is 27.0 Å². The van der Waals surface area contributed by atoms with E-state index in [2.05, 4.69) is 10.6 Å². The van der Waals surface area contributed by atoms with E-state index in [9.17, 15) is 9.18 Å². The summed E-state index contributed by atoms with van der Waals surface area (Å²) in [6.45, 7) is 4.62. The second-order valence-electron chi connectivity index (χ2n) is 4.93. The Labute approximate surface area is 114 Å². The molecule has 19 heavy (non-hydrogen) atoms. The fourth-order valence-electron chi connectivity index (χ4n) is 1.83. The molecule has 106 valence electrons. The maximum atomic E-state index is 13.5. The molecule has 0 aromatic heterocycles. The lowest BCUT2D eigenvalue weighted by Crippen LogP contribution is -2.38. The van der Waals surface area contributed by atoms with E-state index in [0.29, 0.717) is 12.2 Å². The minimum Gasteiger partial charge on any atom is -0.365 e. The molecule has 1 rings (SSSR count). The number of benzene rings is 1. The van der Waals surface area contributed by atoms with Crippen LogP contribution in [0.2, 0.25) is 0 Å². The monoisotopic (exact) mass is 267 g/mol. The molecule has 0 saturated carbocycles. The summed E-state index contributed by atoms with van der Waals surface area (Å²) in [7, 11) is 3.59. The van der Waals surface area contributed by atoms with E-state index in [0.717, 1.165) is 5.56 Å². The molecular weight excluding hydrogens is 245 g/mol. The van der Waals surface area contributed by atoms with Crippen LogP contribution in [0.1, 0.15) is 19.4 Å². The maximum absolute atomic E-state index is 13.5. The molecule has 0 aliphatic rings.